The normalized spacial score (nSPS) is 14.1. The first kappa shape index (κ1) is 17.1. The zero-order valence-electron chi connectivity index (χ0n) is 11.4. The van der Waals surface area contributed by atoms with Crippen LogP contribution in [0.3, 0.4) is 0 Å². The number of rotatable bonds is 7. The van der Waals surface area contributed by atoms with Crippen LogP contribution in [0.2, 0.25) is 0 Å². The molecule has 0 saturated heterocycles. The molecule has 18 heavy (non-hydrogen) atoms. The van der Waals surface area contributed by atoms with Gasteiger partial charge < -0.3 is 9.80 Å². The zero-order chi connectivity index (χ0) is 14.6. The van der Waals surface area contributed by atoms with Crippen molar-refractivity contribution in [3.05, 3.63) is 12.2 Å². The molecule has 0 aliphatic heterocycles. The molecule has 0 aromatic rings. The van der Waals surface area contributed by atoms with E-state index in [0.717, 1.165) is 0 Å². The number of carbonyl (C=O) groups is 1. The lowest BCUT2D eigenvalue weighted by Crippen LogP contribution is -2.54. The van der Waals surface area contributed by atoms with Gasteiger partial charge in [-0.15, -0.1) is 0 Å². The Morgan fingerprint density at radius 1 is 1.44 bits per heavy atom. The van der Waals surface area contributed by atoms with E-state index < -0.39 is 10.1 Å². The van der Waals surface area contributed by atoms with Gasteiger partial charge in [0.05, 0.1) is 25.9 Å². The first-order chi connectivity index (χ1) is 7.96. The van der Waals surface area contributed by atoms with Crippen LogP contribution in [0, 0.1) is 0 Å². The van der Waals surface area contributed by atoms with Crippen LogP contribution in [0.25, 0.3) is 0 Å². The third-order valence-corrected chi connectivity index (χ3v) is 3.77. The van der Waals surface area contributed by atoms with Gasteiger partial charge in [-0.3, -0.25) is 9.35 Å². The quantitative estimate of drug-likeness (QED) is 0.305. The summed E-state index contributed by atoms with van der Waals surface area (Å²) in [5, 5.41) is 2.72. The van der Waals surface area contributed by atoms with Crippen LogP contribution >= 0.6 is 0 Å². The largest absolute Gasteiger partial charge is 0.309 e. The predicted molar refractivity (Wildman–Crippen MR) is 70.4 cm³/mol. The van der Waals surface area contributed by atoms with E-state index in [0.29, 0.717) is 23.1 Å². The first-order valence-electron chi connectivity index (χ1n) is 5.67. The second-order valence-corrected chi connectivity index (χ2v) is 6.72. The van der Waals surface area contributed by atoms with Crippen molar-refractivity contribution in [2.24, 2.45) is 0 Å². The summed E-state index contributed by atoms with van der Waals surface area (Å²) >= 11 is 0. The number of hydrogen-bond donors (Lipinski definition) is 2. The van der Waals surface area contributed by atoms with Crippen molar-refractivity contribution in [2.45, 2.75) is 26.3 Å². The molecular formula is C11H23N2O4S+. The van der Waals surface area contributed by atoms with Crippen LogP contribution in [-0.4, -0.2) is 55.9 Å². The second-order valence-electron chi connectivity index (χ2n) is 5.15. The fraction of sp³-hybridized carbons (Fsp3) is 0.727. The lowest BCUT2D eigenvalue weighted by atomic mass is 10.2. The standard InChI is InChI=1S/C11H22N2O4S/c1-9(2)11(14)12-8-13(4,5)10(3)6-7-18(15,16)17/h10H,1,6-8H2,2-5H3,(H-,12,14,15,16,17)/p+1. The zero-order valence-corrected chi connectivity index (χ0v) is 12.2. The summed E-state index contributed by atoms with van der Waals surface area (Å²) in [6.07, 6.45) is 0.328. The maximum absolute atomic E-state index is 11.4. The minimum atomic E-state index is -3.94. The fourth-order valence-electron chi connectivity index (χ4n) is 1.25. The molecule has 2 N–H and O–H groups in total. The Hall–Kier alpha value is -0.920. The van der Waals surface area contributed by atoms with Crippen molar-refractivity contribution in [3.63, 3.8) is 0 Å². The minimum Gasteiger partial charge on any atom is -0.309 e. The molecule has 0 aromatic carbocycles. The Kier molecular flexibility index (Phi) is 5.98. The lowest BCUT2D eigenvalue weighted by molar-refractivity contribution is -0.914. The van der Waals surface area contributed by atoms with Gasteiger partial charge in [0, 0.05) is 12.0 Å². The highest BCUT2D eigenvalue weighted by atomic mass is 32.2. The van der Waals surface area contributed by atoms with Gasteiger partial charge in [0.2, 0.25) is 0 Å². The molecule has 6 nitrogen and oxygen atoms in total. The van der Waals surface area contributed by atoms with Gasteiger partial charge in [-0.1, -0.05) is 6.58 Å². The van der Waals surface area contributed by atoms with E-state index >= 15 is 0 Å². The highest BCUT2D eigenvalue weighted by Crippen LogP contribution is 2.10. The fourth-order valence-corrected chi connectivity index (χ4v) is 1.89. The number of quaternary nitrogens is 1. The molecule has 0 fully saturated rings. The Labute approximate surface area is 109 Å². The first-order valence-corrected chi connectivity index (χ1v) is 7.28. The molecule has 106 valence electrons. The molecule has 1 amide bonds. The van der Waals surface area contributed by atoms with Crippen LogP contribution in [0.1, 0.15) is 20.3 Å². The number of nitrogens with one attached hydrogen (secondary N) is 1. The number of amides is 1. The highest BCUT2D eigenvalue weighted by molar-refractivity contribution is 7.85. The van der Waals surface area contributed by atoms with Crippen molar-refractivity contribution >= 4 is 16.0 Å². The van der Waals surface area contributed by atoms with Crippen molar-refractivity contribution in [2.75, 3.05) is 26.5 Å². The molecule has 1 unspecified atom stereocenters. The Balaban J connectivity index is 4.35. The van der Waals surface area contributed by atoms with Crippen LogP contribution in [-0.2, 0) is 14.9 Å². The maximum Gasteiger partial charge on any atom is 0.265 e. The molecule has 0 bridgehead atoms. The van der Waals surface area contributed by atoms with Crippen LogP contribution in [0.15, 0.2) is 12.2 Å². The van der Waals surface area contributed by atoms with Gasteiger partial charge in [-0.2, -0.15) is 8.42 Å². The van der Waals surface area contributed by atoms with Gasteiger partial charge in [0.15, 0.2) is 6.67 Å². The molecule has 0 radical (unpaired) electrons. The van der Waals surface area contributed by atoms with Crippen LogP contribution in [0.4, 0.5) is 0 Å². The molecule has 0 heterocycles. The lowest BCUT2D eigenvalue weighted by Gasteiger charge is -2.36. The Morgan fingerprint density at radius 3 is 2.33 bits per heavy atom. The average Bonchev–Trinajstić information content (AvgIpc) is 2.21. The molecule has 1 atom stereocenters. The van der Waals surface area contributed by atoms with E-state index in [1.807, 2.05) is 21.0 Å². The molecule has 0 aliphatic carbocycles. The van der Waals surface area contributed by atoms with Crippen molar-refractivity contribution < 1.29 is 22.2 Å². The minimum absolute atomic E-state index is 0.0163. The summed E-state index contributed by atoms with van der Waals surface area (Å²) in [5.41, 5.74) is 0.431. The molecule has 0 rings (SSSR count). The third kappa shape index (κ3) is 6.73. The Bertz CT molecular complexity index is 415. The summed E-state index contributed by atoms with van der Waals surface area (Å²) in [6, 6.07) is -0.0163. The predicted octanol–water partition coefficient (Wildman–Crippen LogP) is 0.379. The van der Waals surface area contributed by atoms with E-state index in [-0.39, 0.29) is 17.7 Å². The molecule has 0 spiro atoms. The monoisotopic (exact) mass is 279 g/mol. The molecule has 7 heteroatoms. The van der Waals surface area contributed by atoms with Crippen LogP contribution < -0.4 is 5.32 Å². The van der Waals surface area contributed by atoms with Crippen molar-refractivity contribution in [1.29, 1.82) is 0 Å². The maximum atomic E-state index is 11.4. The van der Waals surface area contributed by atoms with Gasteiger partial charge in [-0.25, -0.2) is 0 Å². The second kappa shape index (κ2) is 6.31. The van der Waals surface area contributed by atoms with E-state index in [1.165, 1.54) is 0 Å². The Morgan fingerprint density at radius 2 is 1.94 bits per heavy atom. The van der Waals surface area contributed by atoms with Crippen molar-refractivity contribution in [3.8, 4) is 0 Å². The molecular weight excluding hydrogens is 256 g/mol. The smallest absolute Gasteiger partial charge is 0.265 e. The third-order valence-electron chi connectivity index (χ3n) is 3.02. The van der Waals surface area contributed by atoms with Gasteiger partial charge in [0.1, 0.15) is 0 Å². The number of carbonyl (C=O) groups excluding carboxylic acids is 1. The highest BCUT2D eigenvalue weighted by Gasteiger charge is 2.25. The summed E-state index contributed by atoms with van der Waals surface area (Å²) in [7, 11) is -0.171. The van der Waals surface area contributed by atoms with E-state index in [2.05, 4.69) is 11.9 Å². The summed E-state index contributed by atoms with van der Waals surface area (Å²) in [5.74, 6) is -0.493. The summed E-state index contributed by atoms with van der Waals surface area (Å²) in [6.45, 7) is 7.41. The SMILES string of the molecule is C=C(C)C(=O)NC[N+](C)(C)C(C)CCS(=O)(=O)O. The molecule has 0 aliphatic rings. The topological polar surface area (TPSA) is 83.5 Å². The van der Waals surface area contributed by atoms with Gasteiger partial charge in [0.25, 0.3) is 16.0 Å². The van der Waals surface area contributed by atoms with Gasteiger partial charge >= 0.3 is 0 Å². The number of hydrogen-bond acceptors (Lipinski definition) is 3. The molecule has 0 saturated carbocycles. The number of nitrogens with zero attached hydrogens (tertiary/aromatic N) is 1. The summed E-state index contributed by atoms with van der Waals surface area (Å²) < 4.78 is 30.5. The van der Waals surface area contributed by atoms with E-state index in [9.17, 15) is 13.2 Å². The van der Waals surface area contributed by atoms with Crippen LogP contribution in [0.5, 0.6) is 0 Å². The van der Waals surface area contributed by atoms with Gasteiger partial charge in [-0.05, 0) is 13.8 Å². The average molecular weight is 279 g/mol. The molecule has 0 aromatic heterocycles. The van der Waals surface area contributed by atoms with Crippen molar-refractivity contribution in [1.82, 2.24) is 5.32 Å². The van der Waals surface area contributed by atoms with E-state index in [4.69, 9.17) is 4.55 Å². The summed E-state index contributed by atoms with van der Waals surface area (Å²) in [4.78, 5) is 11.4. The van der Waals surface area contributed by atoms with E-state index in [1.54, 1.807) is 6.92 Å².